The third-order valence-corrected chi connectivity index (χ3v) is 5.11. The molecule has 1 N–H and O–H groups in total. The van der Waals surface area contributed by atoms with E-state index < -0.39 is 0 Å². The number of pyridine rings is 1. The molecule has 4 aromatic rings. The first-order chi connectivity index (χ1) is 13.9. The van der Waals surface area contributed by atoms with Crippen molar-refractivity contribution in [3.63, 3.8) is 0 Å². The third-order valence-electron chi connectivity index (χ3n) is 4.48. The number of fused-ring (bicyclic) bond motifs is 1. The summed E-state index contributed by atoms with van der Waals surface area (Å²) < 4.78 is 14.8. The van der Waals surface area contributed by atoms with Gasteiger partial charge in [-0.1, -0.05) is 41.4 Å². The zero-order valence-corrected chi connectivity index (χ0v) is 16.8. The Morgan fingerprint density at radius 1 is 1.10 bits per heavy atom. The quantitative estimate of drug-likeness (QED) is 0.467. The van der Waals surface area contributed by atoms with Crippen LogP contribution in [-0.2, 0) is 11.3 Å². The maximum atomic E-state index is 13.3. The average Bonchev–Trinajstić information content (AvgIpc) is 3.01. The van der Waals surface area contributed by atoms with Crippen molar-refractivity contribution in [2.45, 2.75) is 13.5 Å². The fraction of sp³-hybridized carbons (Fsp3) is 0.0952. The molecule has 0 saturated carbocycles. The minimum Gasteiger partial charge on any atom is -0.322 e. The van der Waals surface area contributed by atoms with Crippen LogP contribution in [-0.4, -0.2) is 20.7 Å². The lowest BCUT2D eigenvalue weighted by atomic mass is 10.0. The monoisotopic (exact) mass is 428 g/mol. The Morgan fingerprint density at radius 3 is 2.48 bits per heavy atom. The first kappa shape index (κ1) is 19.4. The summed E-state index contributed by atoms with van der Waals surface area (Å²) in [5.41, 5.74) is 3.34. The molecule has 0 aliphatic rings. The van der Waals surface area contributed by atoms with E-state index in [-0.39, 0.29) is 18.3 Å². The van der Waals surface area contributed by atoms with Crippen molar-refractivity contribution in [2.24, 2.45) is 0 Å². The predicted octanol–water partition coefficient (Wildman–Crippen LogP) is 5.49. The third kappa shape index (κ3) is 3.81. The number of amides is 1. The topological polar surface area (TPSA) is 59.8 Å². The van der Waals surface area contributed by atoms with Crippen LogP contribution >= 0.6 is 23.2 Å². The van der Waals surface area contributed by atoms with Gasteiger partial charge in [0, 0.05) is 11.6 Å². The standard InChI is InChI=1S/C21H15Cl2FN4O/c1-12-19-15(13-5-7-14(24)8-6-13)9-10-25-21(19)28(27-12)11-18(29)26-20-16(22)3-2-4-17(20)23/h2-10H,11H2,1H3,(H,26,29). The number of aryl methyl sites for hydroxylation is 1. The van der Waals surface area contributed by atoms with Gasteiger partial charge in [-0.05, 0) is 48.4 Å². The Hall–Kier alpha value is -2.96. The molecule has 0 unspecified atom stereocenters. The zero-order valence-electron chi connectivity index (χ0n) is 15.3. The minimum absolute atomic E-state index is 0.0637. The van der Waals surface area contributed by atoms with E-state index in [1.54, 1.807) is 36.5 Å². The Bertz CT molecular complexity index is 1200. The van der Waals surface area contributed by atoms with E-state index in [2.05, 4.69) is 15.4 Å². The summed E-state index contributed by atoms with van der Waals surface area (Å²) in [6.45, 7) is 1.78. The van der Waals surface area contributed by atoms with E-state index in [0.717, 1.165) is 22.2 Å². The number of benzene rings is 2. The number of rotatable bonds is 4. The Kier molecular flexibility index (Phi) is 5.22. The van der Waals surface area contributed by atoms with Gasteiger partial charge >= 0.3 is 0 Å². The van der Waals surface area contributed by atoms with Gasteiger partial charge in [0.25, 0.3) is 0 Å². The first-order valence-electron chi connectivity index (χ1n) is 8.76. The van der Waals surface area contributed by atoms with Crippen LogP contribution in [0.4, 0.5) is 10.1 Å². The van der Waals surface area contributed by atoms with Gasteiger partial charge in [-0.2, -0.15) is 5.10 Å². The van der Waals surface area contributed by atoms with Crippen molar-refractivity contribution in [1.82, 2.24) is 14.8 Å². The molecule has 0 aliphatic heterocycles. The molecule has 0 aliphatic carbocycles. The summed E-state index contributed by atoms with van der Waals surface area (Å²) in [7, 11) is 0. The number of carbonyl (C=O) groups excluding carboxylic acids is 1. The maximum absolute atomic E-state index is 13.3. The summed E-state index contributed by atoms with van der Waals surface area (Å²) in [5, 5.41) is 8.70. The first-order valence-corrected chi connectivity index (χ1v) is 9.51. The normalized spacial score (nSPS) is 11.0. The number of hydrogen-bond donors (Lipinski definition) is 1. The number of carbonyl (C=O) groups is 1. The van der Waals surface area contributed by atoms with Gasteiger partial charge in [-0.15, -0.1) is 0 Å². The van der Waals surface area contributed by atoms with E-state index >= 15 is 0 Å². The Balaban J connectivity index is 1.68. The fourth-order valence-electron chi connectivity index (χ4n) is 3.19. The smallest absolute Gasteiger partial charge is 0.246 e. The maximum Gasteiger partial charge on any atom is 0.246 e. The number of anilines is 1. The molecule has 2 heterocycles. The summed E-state index contributed by atoms with van der Waals surface area (Å²) in [4.78, 5) is 17.0. The van der Waals surface area contributed by atoms with Crippen LogP contribution in [0, 0.1) is 12.7 Å². The Labute approximate surface area is 176 Å². The second-order valence-corrected chi connectivity index (χ2v) is 7.27. The molecular formula is C21H15Cl2FN4O. The molecule has 1 amide bonds. The molecular weight excluding hydrogens is 414 g/mol. The lowest BCUT2D eigenvalue weighted by Gasteiger charge is -2.09. The molecule has 0 radical (unpaired) electrons. The molecule has 2 aromatic heterocycles. The van der Waals surface area contributed by atoms with Crippen molar-refractivity contribution < 1.29 is 9.18 Å². The Morgan fingerprint density at radius 2 is 1.79 bits per heavy atom. The molecule has 0 saturated heterocycles. The predicted molar refractivity (Wildman–Crippen MR) is 113 cm³/mol. The van der Waals surface area contributed by atoms with Crippen LogP contribution < -0.4 is 5.32 Å². The van der Waals surface area contributed by atoms with Gasteiger partial charge in [-0.3, -0.25) is 4.79 Å². The summed E-state index contributed by atoms with van der Waals surface area (Å²) >= 11 is 12.2. The number of nitrogens with zero attached hydrogens (tertiary/aromatic N) is 3. The van der Waals surface area contributed by atoms with Crippen LogP contribution in [0.5, 0.6) is 0 Å². The summed E-state index contributed by atoms with van der Waals surface area (Å²) in [5.74, 6) is -0.639. The molecule has 0 atom stereocenters. The van der Waals surface area contributed by atoms with Gasteiger partial charge in [-0.25, -0.2) is 14.1 Å². The van der Waals surface area contributed by atoms with Crippen molar-refractivity contribution >= 4 is 45.8 Å². The molecule has 8 heteroatoms. The van der Waals surface area contributed by atoms with E-state index in [1.165, 1.54) is 16.8 Å². The van der Waals surface area contributed by atoms with Gasteiger partial charge < -0.3 is 5.32 Å². The molecule has 0 fully saturated rings. The van der Waals surface area contributed by atoms with Crippen molar-refractivity contribution in [2.75, 3.05) is 5.32 Å². The van der Waals surface area contributed by atoms with Crippen molar-refractivity contribution in [1.29, 1.82) is 0 Å². The van der Waals surface area contributed by atoms with Crippen LogP contribution in [0.2, 0.25) is 10.0 Å². The highest BCUT2D eigenvalue weighted by Gasteiger charge is 2.17. The summed E-state index contributed by atoms with van der Waals surface area (Å²) in [6.07, 6.45) is 1.64. The molecule has 2 aromatic carbocycles. The van der Waals surface area contributed by atoms with Gasteiger partial charge in [0.15, 0.2) is 5.65 Å². The zero-order chi connectivity index (χ0) is 20.5. The molecule has 0 bridgehead atoms. The second-order valence-electron chi connectivity index (χ2n) is 6.45. The highest BCUT2D eigenvalue weighted by Crippen LogP contribution is 2.31. The number of halogens is 3. The molecule has 146 valence electrons. The van der Waals surface area contributed by atoms with Gasteiger partial charge in [0.2, 0.25) is 5.91 Å². The highest BCUT2D eigenvalue weighted by atomic mass is 35.5. The molecule has 29 heavy (non-hydrogen) atoms. The largest absolute Gasteiger partial charge is 0.322 e. The number of para-hydroxylation sites is 1. The minimum atomic E-state index is -0.335. The number of hydrogen-bond acceptors (Lipinski definition) is 3. The van der Waals surface area contributed by atoms with Crippen LogP contribution in [0.3, 0.4) is 0 Å². The van der Waals surface area contributed by atoms with Crippen molar-refractivity contribution in [3.8, 4) is 11.1 Å². The van der Waals surface area contributed by atoms with Crippen LogP contribution in [0.25, 0.3) is 22.2 Å². The average molecular weight is 429 g/mol. The molecule has 4 rings (SSSR count). The number of nitrogens with one attached hydrogen (secondary N) is 1. The van der Waals surface area contributed by atoms with E-state index in [1.807, 2.05) is 13.0 Å². The van der Waals surface area contributed by atoms with E-state index in [4.69, 9.17) is 23.2 Å². The molecule has 0 spiro atoms. The van der Waals surface area contributed by atoms with Gasteiger partial charge in [0.05, 0.1) is 21.4 Å². The van der Waals surface area contributed by atoms with E-state index in [9.17, 15) is 9.18 Å². The van der Waals surface area contributed by atoms with E-state index in [0.29, 0.717) is 21.4 Å². The van der Waals surface area contributed by atoms with Crippen molar-refractivity contribution in [3.05, 3.63) is 76.3 Å². The van der Waals surface area contributed by atoms with Crippen LogP contribution in [0.15, 0.2) is 54.7 Å². The SMILES string of the molecule is Cc1nn(CC(=O)Nc2c(Cl)cccc2Cl)c2nccc(-c3ccc(F)cc3)c12. The second kappa shape index (κ2) is 7.81. The molecule has 5 nitrogen and oxygen atoms in total. The lowest BCUT2D eigenvalue weighted by Crippen LogP contribution is -2.20. The lowest BCUT2D eigenvalue weighted by molar-refractivity contribution is -0.116. The fourth-order valence-corrected chi connectivity index (χ4v) is 3.69. The van der Waals surface area contributed by atoms with Crippen LogP contribution in [0.1, 0.15) is 5.69 Å². The highest BCUT2D eigenvalue weighted by molar-refractivity contribution is 6.39. The summed E-state index contributed by atoms with van der Waals surface area (Å²) in [6, 6.07) is 13.0. The number of aromatic nitrogens is 3. The van der Waals surface area contributed by atoms with Gasteiger partial charge in [0.1, 0.15) is 12.4 Å².